The van der Waals surface area contributed by atoms with Crippen molar-refractivity contribution in [1.29, 1.82) is 0 Å². The molecule has 0 spiro atoms. The third-order valence-corrected chi connectivity index (χ3v) is 4.65. The molecular weight excluding hydrogens is 434 g/mol. The Bertz CT molecular complexity index is 1270. The highest BCUT2D eigenvalue weighted by Gasteiger charge is 2.18. The van der Waals surface area contributed by atoms with E-state index in [1.807, 2.05) is 0 Å². The summed E-state index contributed by atoms with van der Waals surface area (Å²) in [7, 11) is 0. The van der Waals surface area contributed by atoms with Crippen LogP contribution in [0.25, 0.3) is 33.3 Å². The van der Waals surface area contributed by atoms with Gasteiger partial charge in [0.15, 0.2) is 11.6 Å². The molecule has 2 aromatic heterocycles. The summed E-state index contributed by atoms with van der Waals surface area (Å²) < 4.78 is 6.19. The van der Waals surface area contributed by atoms with Gasteiger partial charge in [-0.25, -0.2) is 14.8 Å². The normalized spacial score (nSPS) is 11.1. The molecule has 27 heavy (non-hydrogen) atoms. The number of carbonyl (C=O) groups excluding carboxylic acids is 1. The van der Waals surface area contributed by atoms with E-state index in [4.69, 9.17) is 16.0 Å². The van der Waals surface area contributed by atoms with Gasteiger partial charge in [-0.3, -0.25) is 4.79 Å². The maximum atomic E-state index is 12.5. The van der Waals surface area contributed by atoms with Crippen LogP contribution in [0.5, 0.6) is 0 Å². The van der Waals surface area contributed by atoms with Gasteiger partial charge in [-0.2, -0.15) is 0 Å². The van der Waals surface area contributed by atoms with E-state index >= 15 is 0 Å². The maximum absolute atomic E-state index is 12.5. The molecule has 0 fully saturated rings. The van der Waals surface area contributed by atoms with E-state index in [0.717, 1.165) is 4.47 Å². The van der Waals surface area contributed by atoms with Gasteiger partial charge < -0.3 is 9.73 Å². The topological polar surface area (TPSA) is 85.1 Å². The number of amides is 1. The number of benzene rings is 2. The summed E-state index contributed by atoms with van der Waals surface area (Å²) in [6.45, 7) is 1.34. The van der Waals surface area contributed by atoms with Crippen molar-refractivity contribution in [3.63, 3.8) is 0 Å². The third kappa shape index (κ3) is 3.31. The van der Waals surface area contributed by atoms with Crippen LogP contribution < -0.4 is 10.9 Å². The molecule has 134 valence electrons. The molecule has 0 aliphatic heterocycles. The Morgan fingerprint density at radius 1 is 1.15 bits per heavy atom. The van der Waals surface area contributed by atoms with E-state index in [0.29, 0.717) is 32.9 Å². The first-order chi connectivity index (χ1) is 12.9. The summed E-state index contributed by atoms with van der Waals surface area (Å²) in [6.07, 6.45) is 0. The predicted molar refractivity (Wildman–Crippen MR) is 108 cm³/mol. The monoisotopic (exact) mass is 443 g/mol. The number of carbonyl (C=O) groups is 1. The summed E-state index contributed by atoms with van der Waals surface area (Å²) in [5, 5.41) is 3.93. The average Bonchev–Trinajstić information content (AvgIpc) is 2.62. The van der Waals surface area contributed by atoms with Crippen molar-refractivity contribution in [3.8, 4) is 11.4 Å². The minimum atomic E-state index is -0.619. The smallest absolute Gasteiger partial charge is 0.349 e. The van der Waals surface area contributed by atoms with Gasteiger partial charge in [0.05, 0.1) is 5.52 Å². The Kier molecular flexibility index (Phi) is 4.41. The molecule has 0 saturated carbocycles. The number of halogens is 2. The lowest BCUT2D eigenvalue weighted by Gasteiger charge is -2.10. The van der Waals surface area contributed by atoms with Crippen LogP contribution in [0.4, 0.5) is 5.82 Å². The van der Waals surface area contributed by atoms with Gasteiger partial charge in [-0.15, -0.1) is 0 Å². The molecule has 4 rings (SSSR count). The molecular formula is C19H11BrClN3O3. The minimum absolute atomic E-state index is 0.105. The summed E-state index contributed by atoms with van der Waals surface area (Å²) >= 11 is 9.37. The molecule has 0 unspecified atom stereocenters. The van der Waals surface area contributed by atoms with E-state index in [1.54, 1.807) is 42.5 Å². The van der Waals surface area contributed by atoms with Crippen LogP contribution in [0, 0.1) is 0 Å². The Labute approximate surface area is 166 Å². The van der Waals surface area contributed by atoms with Crippen LogP contribution in [-0.4, -0.2) is 15.9 Å². The van der Waals surface area contributed by atoms with Gasteiger partial charge in [0, 0.05) is 27.4 Å². The number of rotatable bonds is 2. The summed E-state index contributed by atoms with van der Waals surface area (Å²) in [6, 6.07) is 12.2. The van der Waals surface area contributed by atoms with Gasteiger partial charge in [0.25, 0.3) is 0 Å². The Hall–Kier alpha value is -2.77. The second-order valence-electron chi connectivity index (χ2n) is 5.84. The number of nitrogens with zero attached hydrogens (tertiary/aromatic N) is 2. The summed E-state index contributed by atoms with van der Waals surface area (Å²) in [5.74, 6) is 0.105. The van der Waals surface area contributed by atoms with Crippen molar-refractivity contribution in [3.05, 3.63) is 62.4 Å². The second kappa shape index (κ2) is 6.75. The minimum Gasteiger partial charge on any atom is -0.422 e. The zero-order valence-corrected chi connectivity index (χ0v) is 16.3. The average molecular weight is 445 g/mol. The Morgan fingerprint density at radius 3 is 2.59 bits per heavy atom. The van der Waals surface area contributed by atoms with Gasteiger partial charge in [0.1, 0.15) is 11.0 Å². The summed E-state index contributed by atoms with van der Waals surface area (Å²) in [4.78, 5) is 33.2. The van der Waals surface area contributed by atoms with Crippen LogP contribution in [0.2, 0.25) is 5.02 Å². The lowest BCUT2D eigenvalue weighted by atomic mass is 10.1. The van der Waals surface area contributed by atoms with Gasteiger partial charge in [-0.05, 0) is 42.5 Å². The number of hydrogen-bond donors (Lipinski definition) is 1. The molecule has 0 bridgehead atoms. The van der Waals surface area contributed by atoms with Crippen molar-refractivity contribution in [2.75, 3.05) is 5.32 Å². The second-order valence-corrected chi connectivity index (χ2v) is 7.19. The molecule has 1 amide bonds. The molecule has 0 aliphatic carbocycles. The fraction of sp³-hybridized carbons (Fsp3) is 0.0526. The van der Waals surface area contributed by atoms with Crippen molar-refractivity contribution < 1.29 is 9.21 Å². The van der Waals surface area contributed by atoms with Gasteiger partial charge >= 0.3 is 5.63 Å². The fourth-order valence-electron chi connectivity index (χ4n) is 2.76. The van der Waals surface area contributed by atoms with Crippen molar-refractivity contribution in [2.45, 2.75) is 6.92 Å². The molecule has 2 heterocycles. The number of hydrogen-bond acceptors (Lipinski definition) is 5. The SMILES string of the molecule is CC(=O)Nc1nc(-c2ccc(Cl)cc2)nc2c1c(=O)oc1ccc(Br)cc12. The molecule has 2 aromatic carbocycles. The van der Waals surface area contributed by atoms with Crippen LogP contribution >= 0.6 is 27.5 Å². The molecule has 8 heteroatoms. The van der Waals surface area contributed by atoms with Gasteiger partial charge in [0.2, 0.25) is 5.91 Å². The largest absolute Gasteiger partial charge is 0.422 e. The molecule has 0 saturated heterocycles. The first kappa shape index (κ1) is 17.6. The quantitative estimate of drug-likeness (QED) is 0.355. The van der Waals surface area contributed by atoms with Gasteiger partial charge in [-0.1, -0.05) is 27.5 Å². The zero-order valence-electron chi connectivity index (χ0n) is 13.9. The van der Waals surface area contributed by atoms with E-state index in [1.165, 1.54) is 6.92 Å². The van der Waals surface area contributed by atoms with Crippen LogP contribution in [0.3, 0.4) is 0 Å². The highest BCUT2D eigenvalue weighted by atomic mass is 79.9. The molecule has 0 aliphatic rings. The number of aromatic nitrogens is 2. The highest BCUT2D eigenvalue weighted by molar-refractivity contribution is 9.10. The highest BCUT2D eigenvalue weighted by Crippen LogP contribution is 2.30. The molecule has 0 atom stereocenters. The Balaban J connectivity index is 2.13. The summed E-state index contributed by atoms with van der Waals surface area (Å²) in [5.41, 5.74) is 0.868. The fourth-order valence-corrected chi connectivity index (χ4v) is 3.25. The molecule has 6 nitrogen and oxygen atoms in total. The third-order valence-electron chi connectivity index (χ3n) is 3.91. The van der Waals surface area contributed by atoms with Crippen LogP contribution in [0.15, 0.2) is 56.1 Å². The molecule has 1 N–H and O–H groups in total. The van der Waals surface area contributed by atoms with Crippen LogP contribution in [-0.2, 0) is 4.79 Å². The van der Waals surface area contributed by atoms with Crippen LogP contribution in [0.1, 0.15) is 6.92 Å². The Morgan fingerprint density at radius 2 is 1.89 bits per heavy atom. The maximum Gasteiger partial charge on any atom is 0.349 e. The van der Waals surface area contributed by atoms with Crippen molar-refractivity contribution in [2.24, 2.45) is 0 Å². The van der Waals surface area contributed by atoms with E-state index < -0.39 is 5.63 Å². The number of anilines is 1. The lowest BCUT2D eigenvalue weighted by molar-refractivity contribution is -0.114. The number of fused-ring (bicyclic) bond motifs is 3. The van der Waals surface area contributed by atoms with Crippen molar-refractivity contribution >= 4 is 61.1 Å². The standard InChI is InChI=1S/C19H11BrClN3O3/c1-9(25)22-18-15-16(13-8-11(20)4-7-14(13)27-19(15)26)23-17(24-18)10-2-5-12(21)6-3-10/h2-8H,1H3,(H,22,23,24,25). The lowest BCUT2D eigenvalue weighted by Crippen LogP contribution is -2.13. The van der Waals surface area contributed by atoms with Crippen molar-refractivity contribution in [1.82, 2.24) is 9.97 Å². The molecule has 0 radical (unpaired) electrons. The predicted octanol–water partition coefficient (Wildman–Crippen LogP) is 4.78. The zero-order chi connectivity index (χ0) is 19.1. The number of nitrogens with one attached hydrogen (secondary N) is 1. The van der Waals surface area contributed by atoms with E-state index in [-0.39, 0.29) is 17.1 Å². The molecule has 4 aromatic rings. The van der Waals surface area contributed by atoms with E-state index in [9.17, 15) is 9.59 Å². The van der Waals surface area contributed by atoms with E-state index in [2.05, 4.69) is 31.2 Å². The first-order valence-corrected chi connectivity index (χ1v) is 9.07. The first-order valence-electron chi connectivity index (χ1n) is 7.90.